The van der Waals surface area contributed by atoms with Crippen LogP contribution in [0.2, 0.25) is 0 Å². The third-order valence-electron chi connectivity index (χ3n) is 5.11. The Kier molecular flexibility index (Phi) is 11.0. The molecule has 7 heteroatoms. The molecule has 1 aromatic carbocycles. The number of nitrogens with one attached hydrogen (secondary N) is 2. The molecule has 0 aliphatic carbocycles. The molecule has 4 N–H and O–H groups in total. The van der Waals surface area contributed by atoms with E-state index in [0.29, 0.717) is 5.25 Å². The maximum atomic E-state index is 11.2. The maximum Gasteiger partial charge on any atom is 0.220 e. The summed E-state index contributed by atoms with van der Waals surface area (Å²) in [7, 11) is 0. The number of piperidine rings is 1. The van der Waals surface area contributed by atoms with Crippen molar-refractivity contribution in [2.24, 2.45) is 16.6 Å². The van der Waals surface area contributed by atoms with E-state index >= 15 is 0 Å². The molecule has 1 saturated heterocycles. The fraction of sp³-hybridized carbons (Fsp3) is 0.636. The molecule has 1 aliphatic rings. The zero-order valence-electron chi connectivity index (χ0n) is 17.9. The molecule has 1 aliphatic heterocycles. The van der Waals surface area contributed by atoms with Crippen LogP contribution in [0.5, 0.6) is 0 Å². The number of nitrogens with two attached hydrogens (primary N) is 1. The maximum absolute atomic E-state index is 11.2. The normalized spacial score (nSPS) is 17.1. The van der Waals surface area contributed by atoms with Gasteiger partial charge in [0.15, 0.2) is 5.96 Å². The van der Waals surface area contributed by atoms with Crippen LogP contribution in [-0.2, 0) is 4.79 Å². The number of likely N-dealkylation sites (tertiary alicyclic amines) is 1. The number of amides is 1. The fourth-order valence-corrected chi connectivity index (χ4v) is 4.37. The number of rotatable bonds is 11. The summed E-state index contributed by atoms with van der Waals surface area (Å²) in [5.74, 6) is 0.838. The number of unbranched alkanes of at least 4 members (excludes halogenated alkanes) is 1. The average molecular weight is 420 g/mol. The predicted octanol–water partition coefficient (Wildman–Crippen LogP) is 2.70. The summed E-state index contributed by atoms with van der Waals surface area (Å²) in [6.45, 7) is 9.94. The second-order valence-electron chi connectivity index (χ2n) is 7.61. The van der Waals surface area contributed by atoms with E-state index in [0.717, 1.165) is 70.9 Å². The van der Waals surface area contributed by atoms with Gasteiger partial charge in [0.2, 0.25) is 5.91 Å². The van der Waals surface area contributed by atoms with Gasteiger partial charge >= 0.3 is 0 Å². The Morgan fingerprint density at radius 3 is 2.62 bits per heavy atom. The van der Waals surface area contributed by atoms with Crippen LogP contribution in [0.1, 0.15) is 39.5 Å². The van der Waals surface area contributed by atoms with E-state index in [-0.39, 0.29) is 11.8 Å². The Bertz CT molecular complexity index is 617. The van der Waals surface area contributed by atoms with Gasteiger partial charge in [-0.05, 0) is 64.4 Å². The molecule has 0 bridgehead atoms. The third-order valence-corrected chi connectivity index (χ3v) is 6.21. The van der Waals surface area contributed by atoms with Crippen molar-refractivity contribution in [1.29, 1.82) is 0 Å². The lowest BCUT2D eigenvalue weighted by molar-refractivity contribution is -0.123. The summed E-state index contributed by atoms with van der Waals surface area (Å²) in [6, 6.07) is 10.5. The van der Waals surface area contributed by atoms with E-state index < -0.39 is 0 Å². The molecule has 6 nitrogen and oxygen atoms in total. The summed E-state index contributed by atoms with van der Waals surface area (Å²) in [4.78, 5) is 19.7. The minimum absolute atomic E-state index is 0.0780. The zero-order chi connectivity index (χ0) is 20.9. The molecular weight excluding hydrogens is 382 g/mol. The quantitative estimate of drug-likeness (QED) is 0.222. The average Bonchev–Trinajstić information content (AvgIpc) is 2.72. The molecule has 0 spiro atoms. The Hall–Kier alpha value is -1.73. The second kappa shape index (κ2) is 13.5. The number of carbonyl (C=O) groups excluding carboxylic acids is 1. The summed E-state index contributed by atoms with van der Waals surface area (Å²) < 4.78 is 0. The highest BCUT2D eigenvalue weighted by molar-refractivity contribution is 8.00. The first-order valence-electron chi connectivity index (χ1n) is 10.8. The number of primary amides is 1. The Morgan fingerprint density at radius 2 is 1.97 bits per heavy atom. The number of hydrogen-bond donors (Lipinski definition) is 3. The number of guanidine groups is 1. The van der Waals surface area contributed by atoms with E-state index in [1.165, 1.54) is 4.90 Å². The van der Waals surface area contributed by atoms with Gasteiger partial charge < -0.3 is 21.3 Å². The molecule has 0 saturated carbocycles. The van der Waals surface area contributed by atoms with Crippen LogP contribution in [0.25, 0.3) is 0 Å². The van der Waals surface area contributed by atoms with Crippen molar-refractivity contribution in [2.75, 3.05) is 39.3 Å². The molecule has 29 heavy (non-hydrogen) atoms. The van der Waals surface area contributed by atoms with Gasteiger partial charge in [-0.1, -0.05) is 25.1 Å². The van der Waals surface area contributed by atoms with E-state index in [4.69, 9.17) is 10.7 Å². The first-order valence-corrected chi connectivity index (χ1v) is 11.7. The third kappa shape index (κ3) is 9.54. The number of nitrogens with zero attached hydrogens (tertiary/aromatic N) is 2. The zero-order valence-corrected chi connectivity index (χ0v) is 18.7. The molecule has 1 aromatic rings. The molecular formula is C22H37N5OS. The van der Waals surface area contributed by atoms with Crippen molar-refractivity contribution >= 4 is 23.6 Å². The van der Waals surface area contributed by atoms with Crippen LogP contribution in [0.3, 0.4) is 0 Å². The fourth-order valence-electron chi connectivity index (χ4n) is 3.44. The van der Waals surface area contributed by atoms with Crippen LogP contribution >= 0.6 is 11.8 Å². The lowest BCUT2D eigenvalue weighted by Gasteiger charge is -2.30. The molecule has 1 heterocycles. The monoisotopic (exact) mass is 419 g/mol. The number of hydrogen-bond acceptors (Lipinski definition) is 4. The van der Waals surface area contributed by atoms with Crippen molar-refractivity contribution in [2.45, 2.75) is 49.7 Å². The Morgan fingerprint density at radius 1 is 1.24 bits per heavy atom. The van der Waals surface area contributed by atoms with Crippen molar-refractivity contribution in [1.82, 2.24) is 15.5 Å². The molecule has 0 radical (unpaired) electrons. The summed E-state index contributed by atoms with van der Waals surface area (Å²) in [5, 5.41) is 7.21. The molecule has 162 valence electrons. The molecule has 1 fully saturated rings. The molecule has 1 unspecified atom stereocenters. The summed E-state index contributed by atoms with van der Waals surface area (Å²) in [6.07, 6.45) is 4.07. The first-order chi connectivity index (χ1) is 14.1. The minimum Gasteiger partial charge on any atom is -0.369 e. The predicted molar refractivity (Wildman–Crippen MR) is 123 cm³/mol. The molecule has 2 rings (SSSR count). The van der Waals surface area contributed by atoms with Crippen molar-refractivity contribution in [3.63, 3.8) is 0 Å². The van der Waals surface area contributed by atoms with Gasteiger partial charge in [0, 0.05) is 29.2 Å². The highest BCUT2D eigenvalue weighted by Crippen LogP contribution is 2.22. The van der Waals surface area contributed by atoms with Crippen LogP contribution in [0.15, 0.2) is 40.2 Å². The smallest absolute Gasteiger partial charge is 0.220 e. The Labute approximate surface area is 180 Å². The largest absolute Gasteiger partial charge is 0.369 e. The number of aliphatic imine (C=N–C) groups is 1. The highest BCUT2D eigenvalue weighted by Gasteiger charge is 2.22. The van der Waals surface area contributed by atoms with Crippen molar-refractivity contribution in [3.05, 3.63) is 30.3 Å². The van der Waals surface area contributed by atoms with Crippen molar-refractivity contribution < 1.29 is 4.79 Å². The van der Waals surface area contributed by atoms with Gasteiger partial charge in [-0.15, -0.1) is 11.8 Å². The molecule has 1 amide bonds. The first kappa shape index (κ1) is 23.5. The number of benzene rings is 1. The Balaban J connectivity index is 1.62. The van der Waals surface area contributed by atoms with Crippen molar-refractivity contribution in [3.8, 4) is 0 Å². The van der Waals surface area contributed by atoms with Gasteiger partial charge in [0.05, 0.1) is 6.54 Å². The van der Waals surface area contributed by atoms with Crippen LogP contribution in [-0.4, -0.2) is 61.3 Å². The lowest BCUT2D eigenvalue weighted by Crippen LogP contribution is -2.40. The van der Waals surface area contributed by atoms with E-state index in [9.17, 15) is 4.79 Å². The topological polar surface area (TPSA) is 82.8 Å². The SMILES string of the molecule is CCNC(=NCC(C)Sc1ccccc1)NCCCCN1CCC(C(N)=O)CC1. The van der Waals surface area contributed by atoms with E-state index in [2.05, 4.69) is 53.6 Å². The van der Waals surface area contributed by atoms with Gasteiger partial charge in [0.1, 0.15) is 0 Å². The molecule has 0 aromatic heterocycles. The van der Waals surface area contributed by atoms with Gasteiger partial charge in [0.25, 0.3) is 0 Å². The van der Waals surface area contributed by atoms with Gasteiger partial charge in [-0.25, -0.2) is 0 Å². The minimum atomic E-state index is -0.138. The van der Waals surface area contributed by atoms with E-state index in [1.807, 2.05) is 17.8 Å². The van der Waals surface area contributed by atoms with Crippen LogP contribution < -0.4 is 16.4 Å². The molecule has 1 atom stereocenters. The van der Waals surface area contributed by atoms with E-state index in [1.54, 1.807) is 0 Å². The standard InChI is InChI=1S/C22H37N5OS/c1-3-24-22(26-17-18(2)29-20-9-5-4-6-10-20)25-13-7-8-14-27-15-11-19(12-16-27)21(23)28/h4-6,9-10,18-19H,3,7-8,11-17H2,1-2H3,(H2,23,28)(H2,24,25,26). The summed E-state index contributed by atoms with van der Waals surface area (Å²) >= 11 is 1.86. The van der Waals surface area contributed by atoms with Crippen LogP contribution in [0.4, 0.5) is 0 Å². The number of thioether (sulfide) groups is 1. The van der Waals surface area contributed by atoms with Gasteiger partial charge in [-0.2, -0.15) is 0 Å². The highest BCUT2D eigenvalue weighted by atomic mass is 32.2. The van der Waals surface area contributed by atoms with Crippen LogP contribution in [0, 0.1) is 5.92 Å². The summed E-state index contributed by atoms with van der Waals surface area (Å²) in [5.41, 5.74) is 5.40. The lowest BCUT2D eigenvalue weighted by atomic mass is 9.96. The second-order valence-corrected chi connectivity index (χ2v) is 9.13. The van der Waals surface area contributed by atoms with Gasteiger partial charge in [-0.3, -0.25) is 9.79 Å². The number of carbonyl (C=O) groups is 1.